The lowest BCUT2D eigenvalue weighted by Gasteiger charge is -2.23. The first-order chi connectivity index (χ1) is 9.08. The zero-order valence-electron chi connectivity index (χ0n) is 12.0. The number of carbonyl (C=O) groups is 1. The van der Waals surface area contributed by atoms with Crippen LogP contribution in [0.4, 0.5) is 0 Å². The number of aromatic nitrogens is 1. The van der Waals surface area contributed by atoms with Crippen LogP contribution in [0.5, 0.6) is 0 Å². The smallest absolute Gasteiger partial charge is 0.224 e. The summed E-state index contributed by atoms with van der Waals surface area (Å²) in [5.41, 5.74) is 1.71. The average molecular weight is 265 g/mol. The third-order valence-corrected chi connectivity index (χ3v) is 3.88. The standard InChI is InChI=1S/C14H23N3O2/c1-10(17-6-4-5-7-17)9-15-14(18)8-13-11(2)16-19-12(13)3/h10H,4-9H2,1-3H3,(H,15,18)/t10-/m1/s1. The van der Waals surface area contributed by atoms with Gasteiger partial charge in [0.05, 0.1) is 12.1 Å². The van der Waals surface area contributed by atoms with Gasteiger partial charge in [-0.1, -0.05) is 5.16 Å². The lowest BCUT2D eigenvalue weighted by atomic mass is 10.1. The van der Waals surface area contributed by atoms with Crippen molar-refractivity contribution in [3.05, 3.63) is 17.0 Å². The van der Waals surface area contributed by atoms with Gasteiger partial charge >= 0.3 is 0 Å². The molecule has 1 saturated heterocycles. The minimum Gasteiger partial charge on any atom is -0.361 e. The Morgan fingerprint density at radius 2 is 2.11 bits per heavy atom. The molecule has 1 aliphatic heterocycles. The second-order valence-electron chi connectivity index (χ2n) is 5.38. The summed E-state index contributed by atoms with van der Waals surface area (Å²) in [6.45, 7) is 8.90. The molecule has 2 heterocycles. The molecule has 106 valence electrons. The number of likely N-dealkylation sites (tertiary alicyclic amines) is 1. The highest BCUT2D eigenvalue weighted by Crippen LogP contribution is 2.13. The van der Waals surface area contributed by atoms with Gasteiger partial charge in [-0.2, -0.15) is 0 Å². The van der Waals surface area contributed by atoms with Crippen molar-refractivity contribution in [2.24, 2.45) is 0 Å². The predicted octanol–water partition coefficient (Wildman–Crippen LogP) is 1.43. The van der Waals surface area contributed by atoms with Crippen molar-refractivity contribution >= 4 is 5.91 Å². The molecule has 0 aromatic carbocycles. The third-order valence-electron chi connectivity index (χ3n) is 3.88. The molecule has 0 radical (unpaired) electrons. The maximum Gasteiger partial charge on any atom is 0.224 e. The first-order valence-electron chi connectivity index (χ1n) is 7.00. The zero-order chi connectivity index (χ0) is 13.8. The van der Waals surface area contributed by atoms with E-state index in [4.69, 9.17) is 4.52 Å². The molecule has 1 amide bonds. The van der Waals surface area contributed by atoms with Gasteiger partial charge in [0.15, 0.2) is 0 Å². The third kappa shape index (κ3) is 3.56. The van der Waals surface area contributed by atoms with Crippen LogP contribution in [0.1, 0.15) is 36.8 Å². The molecule has 19 heavy (non-hydrogen) atoms. The molecule has 1 atom stereocenters. The molecule has 1 aromatic rings. The van der Waals surface area contributed by atoms with Crippen LogP contribution in [-0.2, 0) is 11.2 Å². The fraction of sp³-hybridized carbons (Fsp3) is 0.714. The molecule has 0 saturated carbocycles. The topological polar surface area (TPSA) is 58.4 Å². The van der Waals surface area contributed by atoms with E-state index >= 15 is 0 Å². The van der Waals surface area contributed by atoms with Crippen LogP contribution in [0, 0.1) is 13.8 Å². The van der Waals surface area contributed by atoms with E-state index in [0.29, 0.717) is 19.0 Å². The van der Waals surface area contributed by atoms with Crippen molar-refractivity contribution in [1.82, 2.24) is 15.4 Å². The van der Waals surface area contributed by atoms with Gasteiger partial charge < -0.3 is 9.84 Å². The summed E-state index contributed by atoms with van der Waals surface area (Å²) in [7, 11) is 0. The van der Waals surface area contributed by atoms with Gasteiger partial charge in [-0.15, -0.1) is 0 Å². The number of rotatable bonds is 5. The summed E-state index contributed by atoms with van der Waals surface area (Å²) in [5, 5.41) is 6.87. The molecular formula is C14H23N3O2. The fourth-order valence-electron chi connectivity index (χ4n) is 2.55. The van der Waals surface area contributed by atoms with Gasteiger partial charge in [0.2, 0.25) is 5.91 Å². The van der Waals surface area contributed by atoms with Gasteiger partial charge in [-0.3, -0.25) is 9.69 Å². The molecule has 5 nitrogen and oxygen atoms in total. The van der Waals surface area contributed by atoms with E-state index in [9.17, 15) is 4.79 Å². The first-order valence-corrected chi connectivity index (χ1v) is 7.00. The van der Waals surface area contributed by atoms with Gasteiger partial charge in [-0.25, -0.2) is 0 Å². The van der Waals surface area contributed by atoms with Gasteiger partial charge in [0.1, 0.15) is 5.76 Å². The van der Waals surface area contributed by atoms with Crippen molar-refractivity contribution < 1.29 is 9.32 Å². The SMILES string of the molecule is Cc1noc(C)c1CC(=O)NC[C@@H](C)N1CCCC1. The average Bonchev–Trinajstić information content (AvgIpc) is 3.01. The quantitative estimate of drug-likeness (QED) is 0.875. The van der Waals surface area contributed by atoms with Crippen LogP contribution < -0.4 is 5.32 Å². The van der Waals surface area contributed by atoms with Crippen molar-refractivity contribution in [1.29, 1.82) is 0 Å². The van der Waals surface area contributed by atoms with E-state index in [1.165, 1.54) is 12.8 Å². The minimum atomic E-state index is 0.0421. The number of aryl methyl sites for hydroxylation is 2. The first kappa shape index (κ1) is 14.1. The maximum atomic E-state index is 11.9. The minimum absolute atomic E-state index is 0.0421. The van der Waals surface area contributed by atoms with Crippen LogP contribution >= 0.6 is 0 Å². The largest absolute Gasteiger partial charge is 0.361 e. The van der Waals surface area contributed by atoms with E-state index in [-0.39, 0.29) is 5.91 Å². The van der Waals surface area contributed by atoms with Crippen molar-refractivity contribution in [3.8, 4) is 0 Å². The van der Waals surface area contributed by atoms with Gasteiger partial charge in [0.25, 0.3) is 0 Å². The fourth-order valence-corrected chi connectivity index (χ4v) is 2.55. The summed E-state index contributed by atoms with van der Waals surface area (Å²) in [6, 6.07) is 0.413. The van der Waals surface area contributed by atoms with Crippen LogP contribution in [0.15, 0.2) is 4.52 Å². The normalized spacial score (nSPS) is 17.6. The maximum absolute atomic E-state index is 11.9. The van der Waals surface area contributed by atoms with Crippen LogP contribution in [0.2, 0.25) is 0 Å². The number of carbonyl (C=O) groups excluding carboxylic acids is 1. The molecule has 1 aliphatic rings. The summed E-state index contributed by atoms with van der Waals surface area (Å²) in [4.78, 5) is 14.4. The lowest BCUT2D eigenvalue weighted by Crippen LogP contribution is -2.41. The van der Waals surface area contributed by atoms with Crippen molar-refractivity contribution in [2.45, 2.75) is 46.1 Å². The molecule has 0 unspecified atom stereocenters. The number of nitrogens with one attached hydrogen (secondary N) is 1. The lowest BCUT2D eigenvalue weighted by molar-refractivity contribution is -0.120. The Balaban J connectivity index is 1.78. The molecule has 0 bridgehead atoms. The van der Waals surface area contributed by atoms with Crippen LogP contribution in [0.25, 0.3) is 0 Å². The highest BCUT2D eigenvalue weighted by molar-refractivity contribution is 5.79. The Labute approximate surface area is 114 Å². The van der Waals surface area contributed by atoms with Gasteiger partial charge in [0, 0.05) is 18.2 Å². The van der Waals surface area contributed by atoms with E-state index in [2.05, 4.69) is 22.3 Å². The Hall–Kier alpha value is -1.36. The number of hydrogen-bond acceptors (Lipinski definition) is 4. The highest BCUT2D eigenvalue weighted by atomic mass is 16.5. The van der Waals surface area contributed by atoms with Crippen LogP contribution in [-0.4, -0.2) is 41.6 Å². The Kier molecular flexibility index (Phi) is 4.58. The van der Waals surface area contributed by atoms with E-state index in [1.807, 2.05) is 13.8 Å². The van der Waals surface area contributed by atoms with E-state index in [0.717, 1.165) is 30.1 Å². The number of nitrogens with zero attached hydrogens (tertiary/aromatic N) is 2. The number of hydrogen-bond donors (Lipinski definition) is 1. The Bertz CT molecular complexity index is 416. The molecule has 2 rings (SSSR count). The summed E-state index contributed by atoms with van der Waals surface area (Å²) >= 11 is 0. The molecule has 1 N–H and O–H groups in total. The zero-order valence-corrected chi connectivity index (χ0v) is 12.0. The summed E-state index contributed by atoms with van der Waals surface area (Å²) in [5.74, 6) is 0.778. The van der Waals surface area contributed by atoms with E-state index < -0.39 is 0 Å². The highest BCUT2D eigenvalue weighted by Gasteiger charge is 2.19. The van der Waals surface area contributed by atoms with Gasteiger partial charge in [-0.05, 0) is 46.7 Å². The van der Waals surface area contributed by atoms with Crippen LogP contribution in [0.3, 0.4) is 0 Å². The molecular weight excluding hydrogens is 242 g/mol. The second-order valence-corrected chi connectivity index (χ2v) is 5.38. The summed E-state index contributed by atoms with van der Waals surface area (Å²) in [6.07, 6.45) is 2.91. The Morgan fingerprint density at radius 3 is 2.68 bits per heavy atom. The predicted molar refractivity (Wildman–Crippen MR) is 73.0 cm³/mol. The van der Waals surface area contributed by atoms with Crippen molar-refractivity contribution in [2.75, 3.05) is 19.6 Å². The monoisotopic (exact) mass is 265 g/mol. The number of amides is 1. The molecule has 5 heteroatoms. The molecule has 0 spiro atoms. The molecule has 0 aliphatic carbocycles. The molecule has 1 fully saturated rings. The van der Waals surface area contributed by atoms with E-state index in [1.54, 1.807) is 0 Å². The second kappa shape index (κ2) is 6.19. The van der Waals surface area contributed by atoms with Crippen molar-refractivity contribution in [3.63, 3.8) is 0 Å². The molecule has 1 aromatic heterocycles. The summed E-state index contributed by atoms with van der Waals surface area (Å²) < 4.78 is 5.06. The Morgan fingerprint density at radius 1 is 1.42 bits per heavy atom.